The van der Waals surface area contributed by atoms with Crippen molar-refractivity contribution in [2.24, 2.45) is 0 Å². The van der Waals surface area contributed by atoms with E-state index in [4.69, 9.17) is 9.47 Å². The van der Waals surface area contributed by atoms with Gasteiger partial charge in [0.2, 0.25) is 0 Å². The fraction of sp³-hybridized carbons (Fsp3) is 0.381. The number of aliphatic hydroxyl groups excluding tert-OH is 1. The summed E-state index contributed by atoms with van der Waals surface area (Å²) in [6.07, 6.45) is 41.5. The molecule has 0 saturated heterocycles. The van der Waals surface area contributed by atoms with Crippen molar-refractivity contribution in [3.63, 3.8) is 0 Å². The first-order valence-corrected chi connectivity index (χ1v) is 15.7. The van der Waals surface area contributed by atoms with Gasteiger partial charge in [0, 0.05) is 14.2 Å². The normalized spacial score (nSPS) is 16.9. The highest BCUT2D eigenvalue weighted by Gasteiger charge is 2.24. The first-order valence-electron chi connectivity index (χ1n) is 15.7. The molecule has 0 spiro atoms. The van der Waals surface area contributed by atoms with Gasteiger partial charge < -0.3 is 14.6 Å². The molecule has 0 amide bonds. The molecule has 0 aliphatic carbocycles. The topological polar surface area (TPSA) is 38.7 Å². The number of hydrogen-bond donors (Lipinski definition) is 1. The summed E-state index contributed by atoms with van der Waals surface area (Å²) in [5.41, 5.74) is 6.21. The molecule has 0 rings (SSSR count). The number of allylic oxidation sites excluding steroid dienone is 24. The molecule has 0 aromatic heterocycles. The second-order valence-corrected chi connectivity index (χ2v) is 12.5. The highest BCUT2D eigenvalue weighted by Crippen LogP contribution is 2.16. The minimum Gasteiger partial charge on any atom is -0.386 e. The molecule has 0 bridgehead atoms. The number of methoxy groups -OCH3 is 2. The minimum atomic E-state index is -0.666. The van der Waals surface area contributed by atoms with Crippen molar-refractivity contribution in [1.82, 2.24) is 0 Å². The standard InChI is InChI=1S/C42H60O3/c1-34(22-15-24-36(3)26-17-28-38(5)30-19-33-41(7,8)44-11)20-13-14-21-35(2)23-16-25-37(4)27-18-29-39(6)31-32-40(43)42(9,10)45-12/h13-32,40,43H,33H2,1-12H3/b14-13+,22-15+,23-16+,26-17+,27-18+,30-19+,32-31+,34-20+,35-21+,36-24+,37-25+,38-28+,39-29+. The fourth-order valence-electron chi connectivity index (χ4n) is 3.36. The number of ether oxygens (including phenoxy) is 2. The largest absolute Gasteiger partial charge is 0.386 e. The van der Waals surface area contributed by atoms with E-state index in [9.17, 15) is 5.11 Å². The average molecular weight is 613 g/mol. The third-order valence-electron chi connectivity index (χ3n) is 7.02. The van der Waals surface area contributed by atoms with Gasteiger partial charge >= 0.3 is 0 Å². The molecule has 246 valence electrons. The lowest BCUT2D eigenvalue weighted by molar-refractivity contribution is -0.0562. The molecule has 1 unspecified atom stereocenters. The zero-order valence-corrected chi connectivity index (χ0v) is 30.1. The van der Waals surface area contributed by atoms with E-state index in [1.807, 2.05) is 39.0 Å². The Balaban J connectivity index is 4.85. The fourth-order valence-corrected chi connectivity index (χ4v) is 3.36. The van der Waals surface area contributed by atoms with Crippen molar-refractivity contribution >= 4 is 0 Å². The van der Waals surface area contributed by atoms with Gasteiger partial charge in [0.25, 0.3) is 0 Å². The van der Waals surface area contributed by atoms with Crippen LogP contribution < -0.4 is 0 Å². The van der Waals surface area contributed by atoms with Crippen LogP contribution in [0.4, 0.5) is 0 Å². The Labute approximate surface area is 276 Å². The molecule has 0 saturated carbocycles. The van der Waals surface area contributed by atoms with Gasteiger partial charge in [-0.25, -0.2) is 0 Å². The Hall–Kier alpha value is -3.50. The third kappa shape index (κ3) is 22.6. The van der Waals surface area contributed by atoms with E-state index >= 15 is 0 Å². The molecule has 0 fully saturated rings. The molecule has 3 heteroatoms. The predicted molar refractivity (Wildman–Crippen MR) is 199 cm³/mol. The quantitative estimate of drug-likeness (QED) is 0.157. The van der Waals surface area contributed by atoms with Crippen LogP contribution in [-0.4, -0.2) is 36.6 Å². The molecule has 0 aromatic carbocycles. The van der Waals surface area contributed by atoms with E-state index in [-0.39, 0.29) is 5.60 Å². The summed E-state index contributed by atoms with van der Waals surface area (Å²) in [5, 5.41) is 10.2. The lowest BCUT2D eigenvalue weighted by Gasteiger charge is -2.26. The molecule has 3 nitrogen and oxygen atoms in total. The van der Waals surface area contributed by atoms with Crippen molar-refractivity contribution in [3.8, 4) is 0 Å². The molecule has 1 N–H and O–H groups in total. The van der Waals surface area contributed by atoms with Gasteiger partial charge in [-0.3, -0.25) is 0 Å². The maximum Gasteiger partial charge on any atom is 0.101 e. The van der Waals surface area contributed by atoms with Crippen molar-refractivity contribution in [2.75, 3.05) is 14.2 Å². The minimum absolute atomic E-state index is 0.128. The van der Waals surface area contributed by atoms with Crippen LogP contribution in [0.1, 0.15) is 75.7 Å². The van der Waals surface area contributed by atoms with Gasteiger partial charge in [0.05, 0.1) is 11.2 Å². The zero-order valence-electron chi connectivity index (χ0n) is 30.1. The first kappa shape index (κ1) is 41.5. The highest BCUT2D eigenvalue weighted by atomic mass is 16.5. The SMILES string of the molecule is COC(C)(C)C/C=C/C(C)=C/C=C/C(C)=C/C=C/C(C)=C/C=C/C=C(C)/C=C/C=C(C)/C=C/C=C(C)/C=C/C(O)C(C)(C)OC. The summed E-state index contributed by atoms with van der Waals surface area (Å²) in [6.45, 7) is 20.4. The van der Waals surface area contributed by atoms with Crippen LogP contribution in [0.2, 0.25) is 0 Å². The van der Waals surface area contributed by atoms with E-state index in [0.717, 1.165) is 17.6 Å². The maximum absolute atomic E-state index is 10.2. The van der Waals surface area contributed by atoms with Crippen LogP contribution in [0.15, 0.2) is 155 Å². The van der Waals surface area contributed by atoms with Crippen LogP contribution in [0.25, 0.3) is 0 Å². The van der Waals surface area contributed by atoms with Gasteiger partial charge in [-0.1, -0.05) is 155 Å². The van der Waals surface area contributed by atoms with Crippen LogP contribution in [0.3, 0.4) is 0 Å². The maximum atomic E-state index is 10.2. The summed E-state index contributed by atoms with van der Waals surface area (Å²) in [5.74, 6) is 0. The Morgan fingerprint density at radius 1 is 0.511 bits per heavy atom. The van der Waals surface area contributed by atoms with Gasteiger partial charge in [-0.2, -0.15) is 0 Å². The number of rotatable bonds is 18. The number of aliphatic hydroxyl groups is 1. The van der Waals surface area contributed by atoms with E-state index < -0.39 is 11.7 Å². The molecule has 0 aliphatic rings. The Kier molecular flexibility index (Phi) is 21.1. The first-order chi connectivity index (χ1) is 21.1. The summed E-state index contributed by atoms with van der Waals surface area (Å²) < 4.78 is 10.8. The highest BCUT2D eigenvalue weighted by molar-refractivity contribution is 5.33. The van der Waals surface area contributed by atoms with Gasteiger partial charge in [0.15, 0.2) is 0 Å². The molecule has 45 heavy (non-hydrogen) atoms. The molecular formula is C42H60O3. The third-order valence-corrected chi connectivity index (χ3v) is 7.02. The van der Waals surface area contributed by atoms with Crippen molar-refractivity contribution in [1.29, 1.82) is 0 Å². The molecule has 1 atom stereocenters. The average Bonchev–Trinajstić information content (AvgIpc) is 2.97. The van der Waals surface area contributed by atoms with Crippen LogP contribution in [0, 0.1) is 0 Å². The second-order valence-electron chi connectivity index (χ2n) is 12.5. The van der Waals surface area contributed by atoms with Crippen molar-refractivity contribution in [3.05, 3.63) is 155 Å². The van der Waals surface area contributed by atoms with Crippen molar-refractivity contribution < 1.29 is 14.6 Å². The van der Waals surface area contributed by atoms with E-state index in [1.165, 1.54) is 22.3 Å². The Morgan fingerprint density at radius 3 is 1.20 bits per heavy atom. The molecule has 0 aliphatic heterocycles. The van der Waals surface area contributed by atoms with Gasteiger partial charge in [-0.15, -0.1) is 0 Å². The Morgan fingerprint density at radius 2 is 0.844 bits per heavy atom. The number of hydrogen-bond acceptors (Lipinski definition) is 3. The van der Waals surface area contributed by atoms with Gasteiger partial charge in [0.1, 0.15) is 6.10 Å². The zero-order chi connectivity index (χ0) is 34.3. The van der Waals surface area contributed by atoms with E-state index in [2.05, 4.69) is 146 Å². The predicted octanol–water partition coefficient (Wildman–Crippen LogP) is 11.2. The molecule has 0 radical (unpaired) electrons. The van der Waals surface area contributed by atoms with Gasteiger partial charge in [-0.05, 0) is 75.7 Å². The molecule has 0 aromatic rings. The van der Waals surface area contributed by atoms with Crippen LogP contribution >= 0.6 is 0 Å². The summed E-state index contributed by atoms with van der Waals surface area (Å²) in [4.78, 5) is 0. The van der Waals surface area contributed by atoms with Crippen molar-refractivity contribution in [2.45, 2.75) is 93.0 Å². The summed E-state index contributed by atoms with van der Waals surface area (Å²) >= 11 is 0. The molecule has 0 heterocycles. The smallest absolute Gasteiger partial charge is 0.101 e. The lowest BCUT2D eigenvalue weighted by Crippen LogP contribution is -2.36. The van der Waals surface area contributed by atoms with E-state index in [1.54, 1.807) is 20.3 Å². The van der Waals surface area contributed by atoms with E-state index in [0.29, 0.717) is 0 Å². The van der Waals surface area contributed by atoms with Crippen LogP contribution in [0.5, 0.6) is 0 Å². The lowest BCUT2D eigenvalue weighted by atomic mass is 10.0. The second kappa shape index (κ2) is 22.9. The monoisotopic (exact) mass is 612 g/mol. The molecular weight excluding hydrogens is 552 g/mol. The Bertz CT molecular complexity index is 1290. The summed E-state index contributed by atoms with van der Waals surface area (Å²) in [6, 6.07) is 0. The van der Waals surface area contributed by atoms with Crippen LogP contribution in [-0.2, 0) is 9.47 Å². The summed E-state index contributed by atoms with van der Waals surface area (Å²) in [7, 11) is 3.35.